The second kappa shape index (κ2) is 10.0. The highest BCUT2D eigenvalue weighted by Gasteiger charge is 2.24. The Balaban J connectivity index is 1.25. The van der Waals surface area contributed by atoms with Gasteiger partial charge in [0.25, 0.3) is 5.91 Å². The Labute approximate surface area is 210 Å². The molecule has 4 aromatic rings. The highest BCUT2D eigenvalue weighted by atomic mass is 32.2. The van der Waals surface area contributed by atoms with E-state index in [1.807, 2.05) is 61.2 Å². The minimum absolute atomic E-state index is 0.0562. The zero-order valence-electron chi connectivity index (χ0n) is 20.1. The molecule has 0 aliphatic carbocycles. The van der Waals surface area contributed by atoms with Crippen molar-refractivity contribution in [3.05, 3.63) is 95.2 Å². The number of aryl methyl sites for hydroxylation is 2. The molecule has 1 aliphatic rings. The molecule has 35 heavy (non-hydrogen) atoms. The first-order chi connectivity index (χ1) is 17.0. The number of carbonyl (C=O) groups excluding carboxylic acids is 2. The van der Waals surface area contributed by atoms with Crippen molar-refractivity contribution in [2.75, 3.05) is 23.7 Å². The molecule has 0 radical (unpaired) electrons. The summed E-state index contributed by atoms with van der Waals surface area (Å²) in [6.45, 7) is 5.94. The van der Waals surface area contributed by atoms with Gasteiger partial charge < -0.3 is 14.8 Å². The molecule has 0 saturated heterocycles. The normalized spacial score (nSPS) is 12.7. The molecule has 3 aromatic carbocycles. The lowest BCUT2D eigenvalue weighted by Crippen LogP contribution is -2.30. The Morgan fingerprint density at radius 3 is 2.54 bits per heavy atom. The maximum absolute atomic E-state index is 13.0. The van der Waals surface area contributed by atoms with Crippen LogP contribution in [0.2, 0.25) is 0 Å². The first-order valence-corrected chi connectivity index (χ1v) is 12.9. The third-order valence-corrected chi connectivity index (χ3v) is 7.44. The summed E-state index contributed by atoms with van der Waals surface area (Å²) in [5.74, 6) is 0.475. The van der Waals surface area contributed by atoms with Gasteiger partial charge in [0.15, 0.2) is 0 Å². The van der Waals surface area contributed by atoms with Crippen LogP contribution in [0.4, 0.5) is 5.69 Å². The van der Waals surface area contributed by atoms with Gasteiger partial charge in [-0.2, -0.15) is 0 Å². The summed E-state index contributed by atoms with van der Waals surface area (Å²) < 4.78 is 2.16. The molecule has 1 aliphatic heterocycles. The van der Waals surface area contributed by atoms with Crippen molar-refractivity contribution < 1.29 is 9.59 Å². The van der Waals surface area contributed by atoms with Crippen LogP contribution in [-0.4, -0.2) is 35.2 Å². The molecule has 5 rings (SSSR count). The summed E-state index contributed by atoms with van der Waals surface area (Å²) in [7, 11) is 0. The first-order valence-electron chi connectivity index (χ1n) is 11.9. The number of benzene rings is 3. The predicted molar refractivity (Wildman–Crippen MR) is 143 cm³/mol. The average Bonchev–Trinajstić information content (AvgIpc) is 3.44. The van der Waals surface area contributed by atoms with E-state index in [0.29, 0.717) is 24.4 Å². The Bertz CT molecular complexity index is 1390. The summed E-state index contributed by atoms with van der Waals surface area (Å²) in [6, 6.07) is 22.3. The van der Waals surface area contributed by atoms with E-state index in [2.05, 4.69) is 40.3 Å². The first kappa shape index (κ1) is 23.2. The van der Waals surface area contributed by atoms with Crippen LogP contribution in [0.3, 0.4) is 0 Å². The van der Waals surface area contributed by atoms with Crippen LogP contribution in [-0.2, 0) is 17.8 Å². The standard InChI is InChI=1S/C29H29N3O2S/c1-20-15-21(2)17-23(16-20)29(34)30-12-14-31-18-27(24-8-4-6-10-26(24)31)35-19-28(33)32-13-11-22-7-3-5-9-25(22)32/h3-10,15-18H,11-14,19H2,1-2H3,(H,30,34). The number of fused-ring (bicyclic) bond motifs is 2. The van der Waals surface area contributed by atoms with E-state index in [1.54, 1.807) is 11.8 Å². The molecule has 5 nitrogen and oxygen atoms in total. The molecular formula is C29H29N3O2S. The molecule has 0 fully saturated rings. The maximum atomic E-state index is 13.0. The van der Waals surface area contributed by atoms with Gasteiger partial charge in [-0.25, -0.2) is 0 Å². The van der Waals surface area contributed by atoms with Gasteiger partial charge in [0.05, 0.1) is 5.75 Å². The van der Waals surface area contributed by atoms with Crippen molar-refractivity contribution >= 4 is 40.2 Å². The van der Waals surface area contributed by atoms with Gasteiger partial charge in [0.1, 0.15) is 0 Å². The van der Waals surface area contributed by atoms with E-state index in [4.69, 9.17) is 0 Å². The van der Waals surface area contributed by atoms with E-state index in [1.165, 1.54) is 5.56 Å². The second-order valence-electron chi connectivity index (χ2n) is 9.05. The van der Waals surface area contributed by atoms with Crippen LogP contribution in [0.1, 0.15) is 27.0 Å². The number of nitrogens with one attached hydrogen (secondary N) is 1. The van der Waals surface area contributed by atoms with Crippen LogP contribution in [0.25, 0.3) is 10.9 Å². The molecule has 6 heteroatoms. The van der Waals surface area contributed by atoms with Crippen molar-refractivity contribution in [3.8, 4) is 0 Å². The zero-order valence-corrected chi connectivity index (χ0v) is 20.9. The van der Waals surface area contributed by atoms with Crippen LogP contribution in [0.5, 0.6) is 0 Å². The van der Waals surface area contributed by atoms with Gasteiger partial charge in [0, 0.05) is 52.9 Å². The number of carbonyl (C=O) groups is 2. The fourth-order valence-corrected chi connectivity index (χ4v) is 5.79. The largest absolute Gasteiger partial charge is 0.350 e. The number of hydrogen-bond donors (Lipinski definition) is 1. The number of para-hydroxylation sites is 2. The molecular weight excluding hydrogens is 454 g/mol. The Kier molecular flexibility index (Phi) is 6.64. The number of anilines is 1. The minimum Gasteiger partial charge on any atom is -0.350 e. The number of aromatic nitrogens is 1. The van der Waals surface area contributed by atoms with Crippen molar-refractivity contribution in [2.24, 2.45) is 0 Å². The van der Waals surface area contributed by atoms with Gasteiger partial charge in [0.2, 0.25) is 5.91 Å². The van der Waals surface area contributed by atoms with Crippen molar-refractivity contribution in [1.29, 1.82) is 0 Å². The summed E-state index contributed by atoms with van der Waals surface area (Å²) in [5.41, 5.74) is 6.25. The van der Waals surface area contributed by atoms with Gasteiger partial charge in [-0.3, -0.25) is 9.59 Å². The average molecular weight is 484 g/mol. The molecule has 2 amide bonds. The number of hydrogen-bond acceptors (Lipinski definition) is 3. The lowest BCUT2D eigenvalue weighted by atomic mass is 10.1. The summed E-state index contributed by atoms with van der Waals surface area (Å²) in [4.78, 5) is 28.6. The lowest BCUT2D eigenvalue weighted by Gasteiger charge is -2.16. The minimum atomic E-state index is -0.0562. The van der Waals surface area contributed by atoms with E-state index in [0.717, 1.165) is 45.6 Å². The maximum Gasteiger partial charge on any atom is 0.251 e. The molecule has 2 heterocycles. The van der Waals surface area contributed by atoms with Crippen molar-refractivity contribution in [3.63, 3.8) is 0 Å². The Morgan fingerprint density at radius 2 is 1.71 bits per heavy atom. The third kappa shape index (κ3) is 4.98. The Morgan fingerprint density at radius 1 is 0.971 bits per heavy atom. The SMILES string of the molecule is Cc1cc(C)cc(C(=O)NCCn2cc(SCC(=O)N3CCc4ccccc43)c3ccccc32)c1. The molecule has 0 bridgehead atoms. The topological polar surface area (TPSA) is 54.3 Å². The van der Waals surface area contributed by atoms with E-state index < -0.39 is 0 Å². The highest BCUT2D eigenvalue weighted by Crippen LogP contribution is 2.32. The van der Waals surface area contributed by atoms with Crippen molar-refractivity contribution in [1.82, 2.24) is 9.88 Å². The molecule has 0 unspecified atom stereocenters. The number of nitrogens with zero attached hydrogens (tertiary/aromatic N) is 2. The molecule has 0 atom stereocenters. The van der Waals surface area contributed by atoms with Gasteiger partial charge in [-0.1, -0.05) is 53.6 Å². The fraction of sp³-hybridized carbons (Fsp3) is 0.241. The molecule has 0 saturated carbocycles. The monoisotopic (exact) mass is 483 g/mol. The highest BCUT2D eigenvalue weighted by molar-refractivity contribution is 8.00. The molecule has 1 aromatic heterocycles. The van der Waals surface area contributed by atoms with E-state index in [-0.39, 0.29) is 11.8 Å². The van der Waals surface area contributed by atoms with Crippen LogP contribution >= 0.6 is 11.8 Å². The zero-order chi connectivity index (χ0) is 24.4. The van der Waals surface area contributed by atoms with Gasteiger partial charge >= 0.3 is 0 Å². The van der Waals surface area contributed by atoms with E-state index in [9.17, 15) is 9.59 Å². The molecule has 0 spiro atoms. The van der Waals surface area contributed by atoms with Crippen LogP contribution < -0.4 is 10.2 Å². The van der Waals surface area contributed by atoms with Gasteiger partial charge in [-0.05, 0) is 50.1 Å². The number of amides is 2. The summed E-state index contributed by atoms with van der Waals surface area (Å²) >= 11 is 1.58. The molecule has 1 N–H and O–H groups in total. The summed E-state index contributed by atoms with van der Waals surface area (Å²) in [6.07, 6.45) is 3.02. The smallest absolute Gasteiger partial charge is 0.251 e. The number of rotatable bonds is 7. The second-order valence-corrected chi connectivity index (χ2v) is 10.1. The quantitative estimate of drug-likeness (QED) is 0.360. The van der Waals surface area contributed by atoms with Crippen molar-refractivity contribution in [2.45, 2.75) is 31.7 Å². The van der Waals surface area contributed by atoms with E-state index >= 15 is 0 Å². The van der Waals surface area contributed by atoms with Gasteiger partial charge in [-0.15, -0.1) is 11.8 Å². The lowest BCUT2D eigenvalue weighted by molar-refractivity contribution is -0.116. The molecule has 178 valence electrons. The van der Waals surface area contributed by atoms with Crippen LogP contribution in [0.15, 0.2) is 77.8 Å². The third-order valence-electron chi connectivity index (χ3n) is 6.41. The predicted octanol–water partition coefficient (Wildman–Crippen LogP) is 5.37. The summed E-state index contributed by atoms with van der Waals surface area (Å²) in [5, 5.41) is 4.18. The number of thioether (sulfide) groups is 1. The van der Waals surface area contributed by atoms with Crippen LogP contribution in [0, 0.1) is 13.8 Å². The Hall–Kier alpha value is -3.51. The fourth-order valence-electron chi connectivity index (χ4n) is 4.83.